The van der Waals surface area contributed by atoms with Crippen LogP contribution in [0, 0.1) is 5.41 Å². The van der Waals surface area contributed by atoms with Crippen molar-refractivity contribution in [3.63, 3.8) is 0 Å². The Morgan fingerprint density at radius 2 is 2.15 bits per heavy atom. The molecule has 0 bridgehead atoms. The molecule has 1 aromatic rings. The van der Waals surface area contributed by atoms with Gasteiger partial charge in [-0.05, 0) is 38.7 Å². The smallest absolute Gasteiger partial charge is 0.191 e. The van der Waals surface area contributed by atoms with Gasteiger partial charge in [-0.15, -0.1) is 24.0 Å². The Kier molecular flexibility index (Phi) is 8.66. The summed E-state index contributed by atoms with van der Waals surface area (Å²) in [5, 5.41) is 11.4. The van der Waals surface area contributed by atoms with Crippen LogP contribution in [0.3, 0.4) is 0 Å². The van der Waals surface area contributed by atoms with Gasteiger partial charge < -0.3 is 15.4 Å². The predicted octanol–water partition coefficient (Wildman–Crippen LogP) is 3.18. The second-order valence-electron chi connectivity index (χ2n) is 7.29. The molecule has 2 aliphatic carbocycles. The van der Waals surface area contributed by atoms with E-state index in [1.807, 2.05) is 30.2 Å². The van der Waals surface area contributed by atoms with E-state index in [1.54, 1.807) is 0 Å². The van der Waals surface area contributed by atoms with Crippen LogP contribution < -0.4 is 10.6 Å². The Labute approximate surface area is 174 Å². The summed E-state index contributed by atoms with van der Waals surface area (Å²) in [7, 11) is 1.86. The Morgan fingerprint density at radius 3 is 2.81 bits per heavy atom. The minimum Gasteiger partial charge on any atom is -0.378 e. The zero-order valence-electron chi connectivity index (χ0n) is 16.1. The van der Waals surface area contributed by atoms with E-state index in [4.69, 9.17) is 4.74 Å². The number of rotatable bonds is 7. The van der Waals surface area contributed by atoms with Crippen molar-refractivity contribution < 1.29 is 4.74 Å². The molecule has 1 aromatic heterocycles. The monoisotopic (exact) mass is 475 g/mol. The number of aryl methyl sites for hydroxylation is 1. The Hall–Kier alpha value is -0.830. The standard InChI is InChI=1S/C19H33N5O.HI/c1-3-25-17-15-16(19(17)9-5-4-6-10-19)23-18(20-2)21-11-7-13-24-14-8-12-22-24;/h8,12,14,16-17H,3-7,9-11,13,15H2,1-2H3,(H2,20,21,23);1H. The van der Waals surface area contributed by atoms with Crippen molar-refractivity contribution in [1.82, 2.24) is 20.4 Å². The number of ether oxygens (including phenoxy) is 1. The average molecular weight is 475 g/mol. The van der Waals surface area contributed by atoms with E-state index in [-0.39, 0.29) is 24.0 Å². The summed E-state index contributed by atoms with van der Waals surface area (Å²) in [6.07, 6.45) is 13.0. The van der Waals surface area contributed by atoms with Crippen LogP contribution in [0.1, 0.15) is 51.9 Å². The lowest BCUT2D eigenvalue weighted by Gasteiger charge is -2.57. The summed E-state index contributed by atoms with van der Waals surface area (Å²) in [5.74, 6) is 0.922. The molecule has 0 saturated heterocycles. The molecule has 1 spiro atoms. The van der Waals surface area contributed by atoms with Crippen molar-refractivity contribution in [3.05, 3.63) is 18.5 Å². The number of hydrogen-bond acceptors (Lipinski definition) is 3. The van der Waals surface area contributed by atoms with Crippen molar-refractivity contribution in [2.75, 3.05) is 20.2 Å². The summed E-state index contributed by atoms with van der Waals surface area (Å²) in [5.41, 5.74) is 0.320. The maximum absolute atomic E-state index is 6.05. The molecule has 26 heavy (non-hydrogen) atoms. The first-order chi connectivity index (χ1) is 12.3. The Balaban J connectivity index is 0.00000243. The number of guanidine groups is 1. The fraction of sp³-hybridized carbons (Fsp3) is 0.789. The second-order valence-corrected chi connectivity index (χ2v) is 7.29. The highest BCUT2D eigenvalue weighted by molar-refractivity contribution is 14.0. The van der Waals surface area contributed by atoms with Crippen LogP contribution >= 0.6 is 24.0 Å². The molecule has 7 heteroatoms. The molecule has 2 N–H and O–H groups in total. The molecule has 1 heterocycles. The molecular formula is C19H34IN5O. The highest BCUT2D eigenvalue weighted by Gasteiger charge is 2.55. The van der Waals surface area contributed by atoms with E-state index in [0.29, 0.717) is 17.6 Å². The first-order valence-corrected chi connectivity index (χ1v) is 9.84. The van der Waals surface area contributed by atoms with Crippen LogP contribution in [0.25, 0.3) is 0 Å². The van der Waals surface area contributed by atoms with Crippen LogP contribution in [0.4, 0.5) is 0 Å². The molecule has 0 amide bonds. The molecule has 2 unspecified atom stereocenters. The van der Waals surface area contributed by atoms with Crippen LogP contribution in [0.15, 0.2) is 23.5 Å². The third-order valence-electron chi connectivity index (χ3n) is 5.89. The molecule has 2 saturated carbocycles. The maximum atomic E-state index is 6.05. The van der Waals surface area contributed by atoms with Crippen LogP contribution in [0.2, 0.25) is 0 Å². The van der Waals surface area contributed by atoms with Gasteiger partial charge >= 0.3 is 0 Å². The fourth-order valence-electron chi connectivity index (χ4n) is 4.51. The van der Waals surface area contributed by atoms with Crippen molar-refractivity contribution in [2.24, 2.45) is 10.4 Å². The first-order valence-electron chi connectivity index (χ1n) is 9.84. The molecule has 2 fully saturated rings. The van der Waals surface area contributed by atoms with Gasteiger partial charge in [-0.1, -0.05) is 19.3 Å². The highest BCUT2D eigenvalue weighted by atomic mass is 127. The van der Waals surface area contributed by atoms with Crippen LogP contribution in [-0.2, 0) is 11.3 Å². The van der Waals surface area contributed by atoms with Gasteiger partial charge in [-0.25, -0.2) is 0 Å². The van der Waals surface area contributed by atoms with Gasteiger partial charge in [0.1, 0.15) is 0 Å². The maximum Gasteiger partial charge on any atom is 0.191 e. The zero-order valence-corrected chi connectivity index (χ0v) is 18.4. The summed E-state index contributed by atoms with van der Waals surface area (Å²) < 4.78 is 8.01. The van der Waals surface area contributed by atoms with Gasteiger partial charge in [0, 0.05) is 50.6 Å². The van der Waals surface area contributed by atoms with E-state index in [2.05, 4.69) is 27.6 Å². The number of hydrogen-bond donors (Lipinski definition) is 2. The predicted molar refractivity (Wildman–Crippen MR) is 116 cm³/mol. The highest BCUT2D eigenvalue weighted by Crippen LogP contribution is 2.53. The first kappa shape index (κ1) is 21.5. The topological polar surface area (TPSA) is 63.5 Å². The zero-order chi connectivity index (χ0) is 17.5. The largest absolute Gasteiger partial charge is 0.378 e. The minimum absolute atomic E-state index is 0. The summed E-state index contributed by atoms with van der Waals surface area (Å²) in [4.78, 5) is 4.42. The summed E-state index contributed by atoms with van der Waals surface area (Å²) in [6, 6.07) is 2.45. The Morgan fingerprint density at radius 1 is 1.35 bits per heavy atom. The fourth-order valence-corrected chi connectivity index (χ4v) is 4.51. The van der Waals surface area contributed by atoms with Gasteiger partial charge in [0.05, 0.1) is 6.10 Å². The van der Waals surface area contributed by atoms with E-state index in [1.165, 1.54) is 32.1 Å². The minimum atomic E-state index is 0. The molecular weight excluding hydrogens is 441 g/mol. The lowest BCUT2D eigenvalue weighted by molar-refractivity contribution is -0.145. The van der Waals surface area contributed by atoms with Gasteiger partial charge in [-0.2, -0.15) is 5.10 Å². The molecule has 0 radical (unpaired) electrons. The average Bonchev–Trinajstić information content (AvgIpc) is 3.17. The lowest BCUT2D eigenvalue weighted by atomic mass is 9.55. The normalized spacial score (nSPS) is 24.6. The molecule has 2 atom stereocenters. The van der Waals surface area contributed by atoms with Crippen LogP contribution in [0.5, 0.6) is 0 Å². The van der Waals surface area contributed by atoms with Crippen LogP contribution in [-0.4, -0.2) is 48.1 Å². The lowest BCUT2D eigenvalue weighted by Crippen LogP contribution is -2.66. The van der Waals surface area contributed by atoms with E-state index < -0.39 is 0 Å². The molecule has 6 nitrogen and oxygen atoms in total. The number of aromatic nitrogens is 2. The molecule has 3 rings (SSSR count). The summed E-state index contributed by atoms with van der Waals surface area (Å²) >= 11 is 0. The molecule has 2 aliphatic rings. The SMILES string of the molecule is CCOC1CC(NC(=NC)NCCCn2cccn2)C12CCCCC2.I. The third-order valence-corrected chi connectivity index (χ3v) is 5.89. The van der Waals surface area contributed by atoms with E-state index in [0.717, 1.165) is 38.5 Å². The second kappa shape index (κ2) is 10.5. The van der Waals surface area contributed by atoms with Gasteiger partial charge in [0.25, 0.3) is 0 Å². The van der Waals surface area contributed by atoms with Gasteiger partial charge in [0.2, 0.25) is 0 Å². The van der Waals surface area contributed by atoms with Crippen molar-refractivity contribution in [2.45, 2.75) is 70.6 Å². The number of halogens is 1. The van der Waals surface area contributed by atoms with Gasteiger partial charge in [0.15, 0.2) is 5.96 Å². The quantitative estimate of drug-likeness (QED) is 0.275. The van der Waals surface area contributed by atoms with Gasteiger partial charge in [-0.3, -0.25) is 9.67 Å². The number of nitrogens with zero attached hydrogens (tertiary/aromatic N) is 3. The number of aliphatic imine (C=N–C) groups is 1. The molecule has 0 aromatic carbocycles. The van der Waals surface area contributed by atoms with E-state index >= 15 is 0 Å². The molecule has 0 aliphatic heterocycles. The van der Waals surface area contributed by atoms with E-state index in [9.17, 15) is 0 Å². The summed E-state index contributed by atoms with van der Waals surface area (Å²) in [6.45, 7) is 4.75. The van der Waals surface area contributed by atoms with Crippen molar-refractivity contribution in [1.29, 1.82) is 0 Å². The third kappa shape index (κ3) is 4.91. The Bertz CT molecular complexity index is 542. The van der Waals surface area contributed by atoms with Crippen molar-refractivity contribution in [3.8, 4) is 0 Å². The molecule has 148 valence electrons. The number of nitrogens with one attached hydrogen (secondary N) is 2. The van der Waals surface area contributed by atoms with Crippen molar-refractivity contribution >= 4 is 29.9 Å².